The molecule has 1 fully saturated rings. The van der Waals surface area contributed by atoms with Crippen LogP contribution in [0.4, 0.5) is 0 Å². The molecule has 24 heavy (non-hydrogen) atoms. The topological polar surface area (TPSA) is 59.8 Å². The second kappa shape index (κ2) is 8.16. The normalized spacial score (nSPS) is 16.9. The highest BCUT2D eigenvalue weighted by Crippen LogP contribution is 2.28. The smallest absolute Gasteiger partial charge is 0.233 e. The summed E-state index contributed by atoms with van der Waals surface area (Å²) in [5.74, 6) is 1.59. The first-order valence-electron chi connectivity index (χ1n) is 8.53. The molecule has 0 radical (unpaired) electrons. The van der Waals surface area contributed by atoms with E-state index in [4.69, 9.17) is 0 Å². The fourth-order valence-electron chi connectivity index (χ4n) is 3.03. The molecular formula is C17H24N4OS2. The Morgan fingerprint density at radius 3 is 2.92 bits per heavy atom. The molecular weight excluding hydrogens is 340 g/mol. The van der Waals surface area contributed by atoms with Gasteiger partial charge in [0, 0.05) is 13.6 Å². The van der Waals surface area contributed by atoms with Crippen molar-refractivity contribution in [2.24, 2.45) is 13.0 Å². The minimum atomic E-state index is -0.173. The number of carbonyl (C=O) groups is 1. The van der Waals surface area contributed by atoms with Gasteiger partial charge in [0.05, 0.1) is 10.1 Å². The molecule has 1 atom stereocenters. The molecule has 0 spiro atoms. The van der Waals surface area contributed by atoms with E-state index in [-0.39, 0.29) is 11.2 Å². The van der Waals surface area contributed by atoms with Crippen LogP contribution in [-0.2, 0) is 11.8 Å². The molecule has 130 valence electrons. The van der Waals surface area contributed by atoms with Crippen LogP contribution in [0.5, 0.6) is 0 Å². The molecule has 0 bridgehead atoms. The van der Waals surface area contributed by atoms with E-state index in [1.807, 2.05) is 36.1 Å². The lowest BCUT2D eigenvalue weighted by atomic mass is 9.89. The Balaban J connectivity index is 1.54. The SMILES string of the molecule is CC(Sc1nnc(-c2cccs2)n1C)C(=O)NCC1CCCCC1. The molecule has 5 nitrogen and oxygen atoms in total. The van der Waals surface area contributed by atoms with Gasteiger partial charge < -0.3 is 9.88 Å². The largest absolute Gasteiger partial charge is 0.355 e. The van der Waals surface area contributed by atoms with Crippen molar-refractivity contribution in [3.63, 3.8) is 0 Å². The van der Waals surface area contributed by atoms with Crippen LogP contribution in [-0.4, -0.2) is 32.5 Å². The van der Waals surface area contributed by atoms with E-state index in [1.165, 1.54) is 43.9 Å². The number of nitrogens with one attached hydrogen (secondary N) is 1. The molecule has 1 aliphatic rings. The van der Waals surface area contributed by atoms with Gasteiger partial charge in [0.15, 0.2) is 11.0 Å². The highest BCUT2D eigenvalue weighted by molar-refractivity contribution is 8.00. The summed E-state index contributed by atoms with van der Waals surface area (Å²) in [7, 11) is 1.95. The molecule has 2 aromatic heterocycles. The van der Waals surface area contributed by atoms with Crippen molar-refractivity contribution in [3.05, 3.63) is 17.5 Å². The molecule has 0 saturated heterocycles. The maximum Gasteiger partial charge on any atom is 0.233 e. The standard InChI is InChI=1S/C17H24N4OS2/c1-12(16(22)18-11-13-7-4-3-5-8-13)24-17-20-19-15(21(17)2)14-9-6-10-23-14/h6,9-10,12-13H,3-5,7-8,11H2,1-2H3,(H,18,22). The van der Waals surface area contributed by atoms with Crippen LogP contribution in [0, 0.1) is 5.92 Å². The zero-order chi connectivity index (χ0) is 16.9. The lowest BCUT2D eigenvalue weighted by Crippen LogP contribution is -2.35. The third-order valence-corrected chi connectivity index (χ3v) is 6.52. The first-order chi connectivity index (χ1) is 11.6. The molecule has 1 N–H and O–H groups in total. The van der Waals surface area contributed by atoms with Crippen LogP contribution in [0.15, 0.2) is 22.7 Å². The van der Waals surface area contributed by atoms with Crippen molar-refractivity contribution < 1.29 is 4.79 Å². The highest BCUT2D eigenvalue weighted by Gasteiger charge is 2.21. The van der Waals surface area contributed by atoms with Crippen LogP contribution >= 0.6 is 23.1 Å². The Kier molecular flexibility index (Phi) is 5.94. The predicted molar refractivity (Wildman–Crippen MR) is 99.2 cm³/mol. The molecule has 0 aromatic carbocycles. The molecule has 7 heteroatoms. The molecule has 1 aliphatic carbocycles. The second-order valence-corrected chi connectivity index (χ2v) is 8.61. The van der Waals surface area contributed by atoms with Crippen molar-refractivity contribution in [2.45, 2.75) is 49.4 Å². The van der Waals surface area contributed by atoms with Crippen LogP contribution in [0.1, 0.15) is 39.0 Å². The molecule has 1 amide bonds. The first-order valence-corrected chi connectivity index (χ1v) is 10.3. The second-order valence-electron chi connectivity index (χ2n) is 6.35. The molecule has 3 rings (SSSR count). The summed E-state index contributed by atoms with van der Waals surface area (Å²) in [5.41, 5.74) is 0. The number of thioether (sulfide) groups is 1. The quantitative estimate of drug-likeness (QED) is 0.794. The van der Waals surface area contributed by atoms with Gasteiger partial charge in [-0.2, -0.15) is 0 Å². The van der Waals surface area contributed by atoms with E-state index in [0.717, 1.165) is 22.4 Å². The van der Waals surface area contributed by atoms with Gasteiger partial charge in [-0.15, -0.1) is 21.5 Å². The average Bonchev–Trinajstić information content (AvgIpc) is 3.24. The van der Waals surface area contributed by atoms with Crippen molar-refractivity contribution in [2.75, 3.05) is 6.54 Å². The number of carbonyl (C=O) groups excluding carboxylic acids is 1. The Labute approximate surface area is 151 Å². The van der Waals surface area contributed by atoms with Crippen molar-refractivity contribution in [1.29, 1.82) is 0 Å². The van der Waals surface area contributed by atoms with Gasteiger partial charge in [0.2, 0.25) is 5.91 Å². The van der Waals surface area contributed by atoms with Crippen molar-refractivity contribution >= 4 is 29.0 Å². The van der Waals surface area contributed by atoms with E-state index in [2.05, 4.69) is 15.5 Å². The third kappa shape index (κ3) is 4.19. The fraction of sp³-hybridized carbons (Fsp3) is 0.588. The number of rotatable bonds is 6. The summed E-state index contributed by atoms with van der Waals surface area (Å²) in [4.78, 5) is 13.4. The van der Waals surface area contributed by atoms with Crippen molar-refractivity contribution in [3.8, 4) is 10.7 Å². The Morgan fingerprint density at radius 1 is 1.42 bits per heavy atom. The van der Waals surface area contributed by atoms with Crippen LogP contribution in [0.2, 0.25) is 0 Å². The van der Waals surface area contributed by atoms with E-state index in [9.17, 15) is 4.79 Å². The Hall–Kier alpha value is -1.34. The Morgan fingerprint density at radius 2 is 2.21 bits per heavy atom. The summed E-state index contributed by atoms with van der Waals surface area (Å²) in [5, 5.41) is 14.2. The Bertz CT molecular complexity index is 662. The number of hydrogen-bond donors (Lipinski definition) is 1. The molecule has 1 saturated carbocycles. The number of thiophene rings is 1. The number of nitrogens with zero attached hydrogens (tertiary/aromatic N) is 3. The van der Waals surface area contributed by atoms with Gasteiger partial charge in [-0.3, -0.25) is 4.79 Å². The number of hydrogen-bond acceptors (Lipinski definition) is 5. The predicted octanol–water partition coefficient (Wildman–Crippen LogP) is 3.72. The highest BCUT2D eigenvalue weighted by atomic mass is 32.2. The van der Waals surface area contributed by atoms with E-state index >= 15 is 0 Å². The van der Waals surface area contributed by atoms with E-state index in [0.29, 0.717) is 5.92 Å². The zero-order valence-corrected chi connectivity index (χ0v) is 15.8. The fourth-order valence-corrected chi connectivity index (χ4v) is 4.61. The summed E-state index contributed by atoms with van der Waals surface area (Å²) < 4.78 is 1.96. The summed E-state index contributed by atoms with van der Waals surface area (Å²) in [6.07, 6.45) is 6.44. The van der Waals surface area contributed by atoms with Crippen molar-refractivity contribution in [1.82, 2.24) is 20.1 Å². The van der Waals surface area contributed by atoms with Gasteiger partial charge in [-0.05, 0) is 37.1 Å². The van der Waals surface area contributed by atoms with Crippen LogP contribution in [0.25, 0.3) is 10.7 Å². The van der Waals surface area contributed by atoms with Gasteiger partial charge >= 0.3 is 0 Å². The average molecular weight is 365 g/mol. The maximum atomic E-state index is 12.3. The van der Waals surface area contributed by atoms with Gasteiger partial charge in [0.25, 0.3) is 0 Å². The van der Waals surface area contributed by atoms with E-state index in [1.54, 1.807) is 11.3 Å². The van der Waals surface area contributed by atoms with Crippen LogP contribution in [0.3, 0.4) is 0 Å². The molecule has 2 aromatic rings. The molecule has 1 unspecified atom stereocenters. The lowest BCUT2D eigenvalue weighted by molar-refractivity contribution is -0.120. The molecule has 2 heterocycles. The van der Waals surface area contributed by atoms with E-state index < -0.39 is 0 Å². The number of aromatic nitrogens is 3. The molecule has 0 aliphatic heterocycles. The summed E-state index contributed by atoms with van der Waals surface area (Å²) in [6.45, 7) is 2.74. The number of amides is 1. The monoisotopic (exact) mass is 364 g/mol. The maximum absolute atomic E-state index is 12.3. The summed E-state index contributed by atoms with van der Waals surface area (Å²) in [6, 6.07) is 4.03. The summed E-state index contributed by atoms with van der Waals surface area (Å²) >= 11 is 3.11. The first kappa shape index (κ1) is 17.5. The van der Waals surface area contributed by atoms with Crippen LogP contribution < -0.4 is 5.32 Å². The lowest BCUT2D eigenvalue weighted by Gasteiger charge is -2.22. The third-order valence-electron chi connectivity index (χ3n) is 4.52. The minimum absolute atomic E-state index is 0.0891. The van der Waals surface area contributed by atoms with Gasteiger partial charge in [0.1, 0.15) is 0 Å². The zero-order valence-electron chi connectivity index (χ0n) is 14.2. The minimum Gasteiger partial charge on any atom is -0.355 e. The van der Waals surface area contributed by atoms with Gasteiger partial charge in [-0.1, -0.05) is 37.1 Å². The van der Waals surface area contributed by atoms with Gasteiger partial charge in [-0.25, -0.2) is 0 Å².